The van der Waals surface area contributed by atoms with Gasteiger partial charge in [0.25, 0.3) is 5.91 Å². The number of nitrogens with one attached hydrogen (secondary N) is 2. The minimum atomic E-state index is -3.04. The van der Waals surface area contributed by atoms with Crippen molar-refractivity contribution in [1.82, 2.24) is 20.2 Å². The number of nitrogens with zero attached hydrogens (tertiary/aromatic N) is 2. The highest BCUT2D eigenvalue weighted by Crippen LogP contribution is 2.32. The van der Waals surface area contributed by atoms with E-state index in [0.717, 1.165) is 6.20 Å². The molecule has 0 bridgehead atoms. The summed E-state index contributed by atoms with van der Waals surface area (Å²) in [5.41, 5.74) is 1.09. The van der Waals surface area contributed by atoms with Crippen LogP contribution in [0.5, 0.6) is 0 Å². The van der Waals surface area contributed by atoms with Crippen molar-refractivity contribution in [3.05, 3.63) is 29.3 Å². The summed E-state index contributed by atoms with van der Waals surface area (Å²) in [4.78, 5) is 34.4. The molecule has 4 rings (SSSR count). The van der Waals surface area contributed by atoms with Gasteiger partial charge in [-0.2, -0.15) is 0 Å². The first-order valence-electron chi connectivity index (χ1n) is 9.64. The molecule has 0 saturated carbocycles. The Bertz CT molecular complexity index is 1080. The maximum absolute atomic E-state index is 14.5. The zero-order chi connectivity index (χ0) is 20.9. The number of halogens is 1. The van der Waals surface area contributed by atoms with Crippen molar-refractivity contribution in [3.8, 4) is 0 Å². The summed E-state index contributed by atoms with van der Waals surface area (Å²) in [6.07, 6.45) is 3.32. The molecule has 2 amide bonds. The molecule has 0 spiro atoms. The normalized spacial score (nSPS) is 20.3. The summed E-state index contributed by atoms with van der Waals surface area (Å²) in [7, 11) is -3.04. The molecule has 2 aliphatic heterocycles. The number of aromatic amines is 1. The van der Waals surface area contributed by atoms with Crippen LogP contribution in [0.4, 0.5) is 4.39 Å². The number of carbonyl (C=O) groups is 2. The number of H-pyrrole nitrogens is 1. The smallest absolute Gasteiger partial charge is 0.257 e. The van der Waals surface area contributed by atoms with Crippen LogP contribution in [0.2, 0.25) is 0 Å². The number of pyridine rings is 1. The lowest BCUT2D eigenvalue weighted by atomic mass is 9.95. The highest BCUT2D eigenvalue weighted by Gasteiger charge is 2.39. The zero-order valence-corrected chi connectivity index (χ0v) is 17.1. The third-order valence-electron chi connectivity index (χ3n) is 5.71. The minimum Gasteiger partial charge on any atom is -0.352 e. The predicted molar refractivity (Wildman–Crippen MR) is 104 cm³/mol. The Kier molecular flexibility index (Phi) is 4.84. The van der Waals surface area contributed by atoms with Crippen molar-refractivity contribution in [3.63, 3.8) is 0 Å². The van der Waals surface area contributed by atoms with Crippen molar-refractivity contribution in [2.75, 3.05) is 11.5 Å². The Hall–Kier alpha value is -2.49. The molecule has 1 unspecified atom stereocenters. The lowest BCUT2D eigenvalue weighted by molar-refractivity contribution is -0.128. The average Bonchev–Trinajstić information content (AvgIpc) is 3.08. The molecule has 0 aliphatic carbocycles. The molecule has 2 N–H and O–H groups in total. The average molecular weight is 422 g/mol. The van der Waals surface area contributed by atoms with E-state index in [1.165, 1.54) is 11.1 Å². The summed E-state index contributed by atoms with van der Waals surface area (Å²) >= 11 is 0. The minimum absolute atomic E-state index is 0.0240. The first-order chi connectivity index (χ1) is 13.7. The van der Waals surface area contributed by atoms with Crippen LogP contribution in [0, 0.1) is 11.7 Å². The fourth-order valence-electron chi connectivity index (χ4n) is 4.21. The third-order valence-corrected chi connectivity index (χ3v) is 7.43. The lowest BCUT2D eigenvalue weighted by Crippen LogP contribution is -2.55. The van der Waals surface area contributed by atoms with Crippen LogP contribution in [0.15, 0.2) is 12.4 Å². The SMILES string of the molecule is CC(C)C(C(=O)NC1CCS(=O)(=O)CC1)N1Cc2c(F)cnc3[nH]cc(c23)C1=O. The third kappa shape index (κ3) is 3.50. The van der Waals surface area contributed by atoms with Gasteiger partial charge in [0.2, 0.25) is 5.91 Å². The van der Waals surface area contributed by atoms with Gasteiger partial charge in [-0.3, -0.25) is 9.59 Å². The quantitative estimate of drug-likeness (QED) is 0.773. The van der Waals surface area contributed by atoms with E-state index >= 15 is 0 Å². The molecule has 0 radical (unpaired) electrons. The first-order valence-corrected chi connectivity index (χ1v) is 11.5. The van der Waals surface area contributed by atoms with E-state index in [1.54, 1.807) is 0 Å². The van der Waals surface area contributed by atoms with Gasteiger partial charge in [-0.25, -0.2) is 17.8 Å². The van der Waals surface area contributed by atoms with E-state index < -0.39 is 21.7 Å². The van der Waals surface area contributed by atoms with Crippen LogP contribution >= 0.6 is 0 Å². The van der Waals surface area contributed by atoms with Crippen LogP contribution in [0.25, 0.3) is 11.0 Å². The van der Waals surface area contributed by atoms with E-state index in [9.17, 15) is 22.4 Å². The summed E-state index contributed by atoms with van der Waals surface area (Å²) in [5, 5.41) is 3.37. The number of hydrogen-bond donors (Lipinski definition) is 2. The van der Waals surface area contributed by atoms with Gasteiger partial charge in [0, 0.05) is 23.2 Å². The van der Waals surface area contributed by atoms with Crippen molar-refractivity contribution in [2.24, 2.45) is 5.92 Å². The molecule has 10 heteroatoms. The van der Waals surface area contributed by atoms with E-state index in [1.807, 2.05) is 13.8 Å². The molecular formula is C19H23FN4O4S. The number of amides is 2. The number of carbonyl (C=O) groups excluding carboxylic acids is 2. The standard InChI is InChI=1S/C19H23FN4O4S/c1-10(2)16(18(25)23-11-3-5-29(27,28)6-4-11)24-9-13-14(20)8-22-17-15(13)12(7-21-17)19(24)26/h7-8,10-11,16H,3-6,9H2,1-2H3,(H,21,22)(H,23,25). The van der Waals surface area contributed by atoms with Gasteiger partial charge in [0.1, 0.15) is 27.3 Å². The van der Waals surface area contributed by atoms with Gasteiger partial charge in [0.05, 0.1) is 29.8 Å². The molecule has 2 aromatic heterocycles. The van der Waals surface area contributed by atoms with Gasteiger partial charge >= 0.3 is 0 Å². The van der Waals surface area contributed by atoms with Crippen molar-refractivity contribution >= 4 is 32.7 Å². The predicted octanol–water partition coefficient (Wildman–Crippen LogP) is 1.38. The molecule has 1 saturated heterocycles. The monoisotopic (exact) mass is 422 g/mol. The molecule has 4 heterocycles. The fraction of sp³-hybridized carbons (Fsp3) is 0.526. The fourth-order valence-corrected chi connectivity index (χ4v) is 5.70. The molecular weight excluding hydrogens is 399 g/mol. The lowest BCUT2D eigenvalue weighted by Gasteiger charge is -2.37. The highest BCUT2D eigenvalue weighted by atomic mass is 32.2. The number of aromatic nitrogens is 2. The Balaban J connectivity index is 1.60. The summed E-state index contributed by atoms with van der Waals surface area (Å²) < 4.78 is 37.7. The van der Waals surface area contributed by atoms with Crippen molar-refractivity contribution in [1.29, 1.82) is 0 Å². The van der Waals surface area contributed by atoms with Gasteiger partial charge in [-0.1, -0.05) is 13.8 Å². The second-order valence-corrected chi connectivity index (χ2v) is 10.4. The molecule has 1 fully saturated rings. The Labute approximate surface area is 167 Å². The Morgan fingerprint density at radius 3 is 2.69 bits per heavy atom. The van der Waals surface area contributed by atoms with E-state index in [2.05, 4.69) is 15.3 Å². The first kappa shape index (κ1) is 19.8. The Morgan fingerprint density at radius 1 is 1.34 bits per heavy atom. The maximum atomic E-state index is 14.5. The summed E-state index contributed by atoms with van der Waals surface area (Å²) in [6.45, 7) is 3.63. The maximum Gasteiger partial charge on any atom is 0.257 e. The molecule has 0 aromatic carbocycles. The molecule has 2 aromatic rings. The van der Waals surface area contributed by atoms with E-state index in [0.29, 0.717) is 35.0 Å². The molecule has 29 heavy (non-hydrogen) atoms. The van der Waals surface area contributed by atoms with E-state index in [-0.39, 0.29) is 41.8 Å². The highest BCUT2D eigenvalue weighted by molar-refractivity contribution is 7.91. The van der Waals surface area contributed by atoms with Gasteiger partial charge in [-0.15, -0.1) is 0 Å². The number of hydrogen-bond acceptors (Lipinski definition) is 5. The van der Waals surface area contributed by atoms with Crippen molar-refractivity contribution < 1.29 is 22.4 Å². The van der Waals surface area contributed by atoms with Crippen LogP contribution in [-0.2, 0) is 21.2 Å². The topological polar surface area (TPSA) is 112 Å². The van der Waals surface area contributed by atoms with Gasteiger partial charge in [-0.05, 0) is 18.8 Å². The molecule has 156 valence electrons. The zero-order valence-electron chi connectivity index (χ0n) is 16.2. The second-order valence-electron chi connectivity index (χ2n) is 8.07. The number of sulfone groups is 1. The van der Waals surface area contributed by atoms with Crippen LogP contribution < -0.4 is 5.32 Å². The van der Waals surface area contributed by atoms with E-state index in [4.69, 9.17) is 0 Å². The van der Waals surface area contributed by atoms with Crippen LogP contribution in [0.3, 0.4) is 0 Å². The number of rotatable bonds is 4. The van der Waals surface area contributed by atoms with Gasteiger partial charge < -0.3 is 15.2 Å². The van der Waals surface area contributed by atoms with Crippen LogP contribution in [-0.4, -0.2) is 58.7 Å². The van der Waals surface area contributed by atoms with Crippen molar-refractivity contribution in [2.45, 2.75) is 45.3 Å². The van der Waals surface area contributed by atoms with Gasteiger partial charge in [0.15, 0.2) is 0 Å². The summed E-state index contributed by atoms with van der Waals surface area (Å²) in [6, 6.07) is -1.05. The summed E-state index contributed by atoms with van der Waals surface area (Å²) in [5.74, 6) is -1.35. The molecule has 8 nitrogen and oxygen atoms in total. The molecule has 2 aliphatic rings. The Morgan fingerprint density at radius 2 is 2.03 bits per heavy atom. The largest absolute Gasteiger partial charge is 0.352 e. The molecule has 1 atom stereocenters. The van der Waals surface area contributed by atoms with Crippen LogP contribution in [0.1, 0.15) is 42.6 Å². The second kappa shape index (κ2) is 7.08.